The van der Waals surface area contributed by atoms with E-state index in [0.717, 1.165) is 0 Å². The van der Waals surface area contributed by atoms with Crippen molar-refractivity contribution in [3.05, 3.63) is 18.3 Å². The van der Waals surface area contributed by atoms with Gasteiger partial charge in [-0.05, 0) is 19.9 Å². The van der Waals surface area contributed by atoms with Gasteiger partial charge in [0.1, 0.15) is 5.82 Å². The van der Waals surface area contributed by atoms with Gasteiger partial charge in [0.25, 0.3) is 0 Å². The Balaban J connectivity index is 3.04. The first-order valence-electron chi connectivity index (χ1n) is 4.40. The summed E-state index contributed by atoms with van der Waals surface area (Å²) in [6.07, 6.45) is 1.38. The third kappa shape index (κ3) is 3.15. The van der Waals surface area contributed by atoms with Gasteiger partial charge in [-0.3, -0.25) is 0 Å². The Morgan fingerprint density at radius 1 is 1.47 bits per heavy atom. The predicted octanol–water partition coefficient (Wildman–Crippen LogP) is 0.0539. The van der Waals surface area contributed by atoms with Gasteiger partial charge in [0.15, 0.2) is 0 Å². The van der Waals surface area contributed by atoms with E-state index >= 15 is 0 Å². The average Bonchev–Trinajstić information content (AvgIpc) is 2.16. The number of pyridine rings is 1. The molecule has 0 aliphatic rings. The zero-order chi connectivity index (χ0) is 11.5. The molecule has 15 heavy (non-hydrogen) atoms. The van der Waals surface area contributed by atoms with Gasteiger partial charge >= 0.3 is 0 Å². The van der Waals surface area contributed by atoms with Crippen molar-refractivity contribution < 1.29 is 8.42 Å². The molecule has 0 aliphatic heterocycles. The summed E-state index contributed by atoms with van der Waals surface area (Å²) in [7, 11) is -3.48. The van der Waals surface area contributed by atoms with Crippen molar-refractivity contribution in [3.63, 3.8) is 0 Å². The number of anilines is 1. The first-order valence-corrected chi connectivity index (χ1v) is 5.89. The van der Waals surface area contributed by atoms with E-state index in [-0.39, 0.29) is 10.9 Å². The summed E-state index contributed by atoms with van der Waals surface area (Å²) in [5, 5.41) is 0. The molecule has 0 spiro atoms. The lowest BCUT2D eigenvalue weighted by Crippen LogP contribution is -2.30. The number of sulfonamides is 1. The summed E-state index contributed by atoms with van der Waals surface area (Å²) in [5.74, 6) is 5.44. The summed E-state index contributed by atoms with van der Waals surface area (Å²) in [6, 6.07) is 2.62. The van der Waals surface area contributed by atoms with Crippen LogP contribution in [-0.4, -0.2) is 19.4 Å². The lowest BCUT2D eigenvalue weighted by Gasteiger charge is -2.09. The number of hydrazine groups is 1. The van der Waals surface area contributed by atoms with E-state index in [0.29, 0.717) is 5.82 Å². The maximum absolute atomic E-state index is 11.7. The molecule has 0 fully saturated rings. The average molecular weight is 230 g/mol. The van der Waals surface area contributed by atoms with Crippen molar-refractivity contribution in [2.24, 2.45) is 5.84 Å². The van der Waals surface area contributed by atoms with Crippen molar-refractivity contribution in [2.45, 2.75) is 24.8 Å². The fraction of sp³-hybridized carbons (Fsp3) is 0.375. The minimum Gasteiger partial charge on any atom is -0.308 e. The van der Waals surface area contributed by atoms with Crippen LogP contribution in [0.2, 0.25) is 0 Å². The highest BCUT2D eigenvalue weighted by molar-refractivity contribution is 7.89. The second-order valence-electron chi connectivity index (χ2n) is 3.30. The summed E-state index contributed by atoms with van der Waals surface area (Å²) in [5.41, 5.74) is 2.29. The molecular weight excluding hydrogens is 216 g/mol. The van der Waals surface area contributed by atoms with E-state index < -0.39 is 10.0 Å². The minimum atomic E-state index is -3.48. The maximum Gasteiger partial charge on any atom is 0.240 e. The van der Waals surface area contributed by atoms with Gasteiger partial charge in [0, 0.05) is 18.3 Å². The third-order valence-corrected chi connectivity index (χ3v) is 3.24. The molecule has 0 saturated heterocycles. The second-order valence-corrected chi connectivity index (χ2v) is 5.01. The SMILES string of the molecule is CC(C)NS(=O)(=O)c1ccnc(NN)c1. The molecule has 0 saturated carbocycles. The van der Waals surface area contributed by atoms with Gasteiger partial charge in [0.05, 0.1) is 4.90 Å². The number of hydrogen-bond acceptors (Lipinski definition) is 5. The number of nitrogens with one attached hydrogen (secondary N) is 2. The highest BCUT2D eigenvalue weighted by atomic mass is 32.2. The summed E-state index contributed by atoms with van der Waals surface area (Å²) >= 11 is 0. The molecule has 1 aromatic heterocycles. The monoisotopic (exact) mass is 230 g/mol. The first kappa shape index (κ1) is 11.9. The van der Waals surface area contributed by atoms with Crippen LogP contribution in [0.1, 0.15) is 13.8 Å². The van der Waals surface area contributed by atoms with Crippen LogP contribution >= 0.6 is 0 Å². The molecule has 0 amide bonds. The van der Waals surface area contributed by atoms with E-state index in [2.05, 4.69) is 15.1 Å². The molecule has 1 aromatic rings. The Bertz CT molecular complexity index is 430. The summed E-state index contributed by atoms with van der Waals surface area (Å²) < 4.78 is 25.9. The van der Waals surface area contributed by atoms with Crippen molar-refractivity contribution in [2.75, 3.05) is 5.43 Å². The van der Waals surface area contributed by atoms with Crippen molar-refractivity contribution in [1.29, 1.82) is 0 Å². The van der Waals surface area contributed by atoms with Crippen molar-refractivity contribution in [1.82, 2.24) is 9.71 Å². The Morgan fingerprint density at radius 3 is 2.67 bits per heavy atom. The lowest BCUT2D eigenvalue weighted by atomic mass is 10.4. The molecule has 0 radical (unpaired) electrons. The highest BCUT2D eigenvalue weighted by Crippen LogP contribution is 2.11. The van der Waals surface area contributed by atoms with Gasteiger partial charge in [0.2, 0.25) is 10.0 Å². The third-order valence-electron chi connectivity index (χ3n) is 1.58. The van der Waals surface area contributed by atoms with Crippen molar-refractivity contribution >= 4 is 15.8 Å². The van der Waals surface area contributed by atoms with E-state index in [1.54, 1.807) is 13.8 Å². The van der Waals surface area contributed by atoms with E-state index in [1.807, 2.05) is 0 Å². The number of aromatic nitrogens is 1. The molecule has 84 valence electrons. The molecule has 6 nitrogen and oxygen atoms in total. The molecule has 1 rings (SSSR count). The van der Waals surface area contributed by atoms with Crippen LogP contribution in [-0.2, 0) is 10.0 Å². The number of nitrogen functional groups attached to an aromatic ring is 1. The molecule has 7 heteroatoms. The standard InChI is InChI=1S/C8H14N4O2S/c1-6(2)12-15(13,14)7-3-4-10-8(5-7)11-9/h3-6,12H,9H2,1-2H3,(H,10,11). The second kappa shape index (κ2) is 4.56. The smallest absolute Gasteiger partial charge is 0.240 e. The van der Waals surface area contributed by atoms with Crippen LogP contribution in [0.5, 0.6) is 0 Å². The van der Waals surface area contributed by atoms with E-state index in [4.69, 9.17) is 5.84 Å². The van der Waals surface area contributed by atoms with Gasteiger partial charge in [-0.1, -0.05) is 0 Å². The van der Waals surface area contributed by atoms with Crippen LogP contribution < -0.4 is 16.0 Å². The number of hydrogen-bond donors (Lipinski definition) is 3. The molecule has 0 aromatic carbocycles. The predicted molar refractivity (Wildman–Crippen MR) is 57.5 cm³/mol. The van der Waals surface area contributed by atoms with Crippen LogP contribution in [0, 0.1) is 0 Å². The Labute approximate surface area is 88.9 Å². The zero-order valence-electron chi connectivity index (χ0n) is 8.56. The quantitative estimate of drug-likeness (QED) is 0.502. The van der Waals surface area contributed by atoms with Crippen LogP contribution in [0.15, 0.2) is 23.2 Å². The summed E-state index contributed by atoms with van der Waals surface area (Å²) in [4.78, 5) is 3.96. The molecule has 4 N–H and O–H groups in total. The molecule has 1 heterocycles. The first-order chi connectivity index (χ1) is 6.95. The Hall–Kier alpha value is -1.18. The van der Waals surface area contributed by atoms with Gasteiger partial charge in [-0.25, -0.2) is 24.0 Å². The Morgan fingerprint density at radius 2 is 2.13 bits per heavy atom. The van der Waals surface area contributed by atoms with Gasteiger partial charge < -0.3 is 5.43 Å². The van der Waals surface area contributed by atoms with Crippen LogP contribution in [0.4, 0.5) is 5.82 Å². The highest BCUT2D eigenvalue weighted by Gasteiger charge is 2.15. The van der Waals surface area contributed by atoms with E-state index in [1.165, 1.54) is 18.3 Å². The lowest BCUT2D eigenvalue weighted by molar-refractivity contribution is 0.570. The number of nitrogens with two attached hydrogens (primary N) is 1. The Kier molecular flexibility index (Phi) is 3.61. The van der Waals surface area contributed by atoms with Crippen LogP contribution in [0.3, 0.4) is 0 Å². The minimum absolute atomic E-state index is 0.138. The zero-order valence-corrected chi connectivity index (χ0v) is 9.38. The molecule has 0 atom stereocenters. The van der Waals surface area contributed by atoms with Crippen molar-refractivity contribution in [3.8, 4) is 0 Å². The van der Waals surface area contributed by atoms with Gasteiger partial charge in [-0.15, -0.1) is 0 Å². The molecule has 0 aliphatic carbocycles. The normalized spacial score (nSPS) is 11.7. The molecular formula is C8H14N4O2S. The van der Waals surface area contributed by atoms with E-state index in [9.17, 15) is 8.42 Å². The fourth-order valence-electron chi connectivity index (χ4n) is 1.04. The molecule has 0 unspecified atom stereocenters. The topological polar surface area (TPSA) is 97.1 Å². The fourth-order valence-corrected chi connectivity index (χ4v) is 2.30. The largest absolute Gasteiger partial charge is 0.308 e. The maximum atomic E-state index is 11.7. The van der Waals surface area contributed by atoms with Gasteiger partial charge in [-0.2, -0.15) is 0 Å². The number of rotatable bonds is 4. The summed E-state index contributed by atoms with van der Waals surface area (Å²) in [6.45, 7) is 3.50. The number of nitrogens with zero attached hydrogens (tertiary/aromatic N) is 1. The van der Waals surface area contributed by atoms with Crippen LogP contribution in [0.25, 0.3) is 0 Å². The molecule has 0 bridgehead atoms.